The standard InChI is InChI=1S/C28H26N4O5/c33-26(29-22-5-1-2-6-22)21-13-9-19(10-14-21)18-31-27(34)24-7-3-4-8-25(24)30(28(31)35)17-20-11-15-23(16-12-20)32(36)37/h3-4,7-16,22H,1-2,5-6,17-18H2,(H,29,33). The Labute approximate surface area is 212 Å². The minimum Gasteiger partial charge on any atom is -0.349 e. The lowest BCUT2D eigenvalue weighted by molar-refractivity contribution is -0.384. The summed E-state index contributed by atoms with van der Waals surface area (Å²) in [5, 5.41) is 14.4. The van der Waals surface area contributed by atoms with Crippen molar-refractivity contribution in [2.24, 2.45) is 0 Å². The number of hydrogen-bond donors (Lipinski definition) is 1. The molecule has 1 aliphatic rings. The van der Waals surface area contributed by atoms with Crippen molar-refractivity contribution >= 4 is 22.5 Å². The molecule has 0 unspecified atom stereocenters. The number of nitrogens with one attached hydrogen (secondary N) is 1. The van der Waals surface area contributed by atoms with Gasteiger partial charge < -0.3 is 5.32 Å². The molecule has 5 rings (SSSR count). The summed E-state index contributed by atoms with van der Waals surface area (Å²) in [5.74, 6) is -0.119. The van der Waals surface area contributed by atoms with E-state index in [4.69, 9.17) is 0 Å². The van der Waals surface area contributed by atoms with Crippen LogP contribution in [0.25, 0.3) is 10.9 Å². The predicted molar refractivity (Wildman–Crippen MR) is 140 cm³/mol. The second kappa shape index (κ2) is 10.2. The Bertz CT molecular complexity index is 1580. The molecule has 37 heavy (non-hydrogen) atoms. The summed E-state index contributed by atoms with van der Waals surface area (Å²) >= 11 is 0. The zero-order chi connectivity index (χ0) is 25.9. The zero-order valence-corrected chi connectivity index (χ0v) is 20.1. The number of benzene rings is 3. The normalized spacial score (nSPS) is 13.6. The molecular weight excluding hydrogens is 472 g/mol. The van der Waals surface area contributed by atoms with Gasteiger partial charge in [-0.1, -0.05) is 49.2 Å². The van der Waals surface area contributed by atoms with Crippen LogP contribution in [0.4, 0.5) is 5.69 Å². The van der Waals surface area contributed by atoms with Gasteiger partial charge in [0.1, 0.15) is 0 Å². The van der Waals surface area contributed by atoms with Crippen LogP contribution in [-0.4, -0.2) is 26.0 Å². The molecule has 0 bridgehead atoms. The number of nitrogens with zero attached hydrogens (tertiary/aromatic N) is 3. The van der Waals surface area contributed by atoms with Crippen LogP contribution in [0.15, 0.2) is 82.4 Å². The molecular formula is C28H26N4O5. The number of aromatic nitrogens is 2. The maximum atomic E-state index is 13.5. The Kier molecular flexibility index (Phi) is 6.68. The number of para-hydroxylation sites is 1. The van der Waals surface area contributed by atoms with E-state index in [1.54, 1.807) is 60.7 Å². The molecule has 3 aromatic carbocycles. The van der Waals surface area contributed by atoms with Crippen molar-refractivity contribution in [3.8, 4) is 0 Å². The number of nitro groups is 1. The lowest BCUT2D eigenvalue weighted by Crippen LogP contribution is -2.40. The van der Waals surface area contributed by atoms with E-state index >= 15 is 0 Å². The zero-order valence-electron chi connectivity index (χ0n) is 20.1. The predicted octanol–water partition coefficient (Wildman–Crippen LogP) is 3.84. The topological polar surface area (TPSA) is 116 Å². The average Bonchev–Trinajstić information content (AvgIpc) is 3.42. The largest absolute Gasteiger partial charge is 0.349 e. The molecule has 0 radical (unpaired) electrons. The molecule has 0 saturated heterocycles. The lowest BCUT2D eigenvalue weighted by Gasteiger charge is -2.15. The summed E-state index contributed by atoms with van der Waals surface area (Å²) < 4.78 is 2.68. The first-order valence-corrected chi connectivity index (χ1v) is 12.3. The van der Waals surface area contributed by atoms with Crippen LogP contribution in [0.3, 0.4) is 0 Å². The molecule has 4 aromatic rings. The number of hydrogen-bond acceptors (Lipinski definition) is 5. The van der Waals surface area contributed by atoms with E-state index in [0.717, 1.165) is 25.7 Å². The van der Waals surface area contributed by atoms with Crippen molar-refractivity contribution in [2.75, 3.05) is 0 Å². The van der Waals surface area contributed by atoms with Crippen LogP contribution in [0, 0.1) is 10.1 Å². The highest BCUT2D eigenvalue weighted by atomic mass is 16.6. The molecule has 1 fully saturated rings. The molecule has 0 atom stereocenters. The Morgan fingerprint density at radius 1 is 0.865 bits per heavy atom. The van der Waals surface area contributed by atoms with Crippen molar-refractivity contribution in [1.82, 2.24) is 14.5 Å². The molecule has 0 spiro atoms. The SMILES string of the molecule is O=C(NC1CCCC1)c1ccc(Cn2c(=O)c3ccccc3n(Cc3ccc([N+](=O)[O-])cc3)c2=O)cc1. The van der Waals surface area contributed by atoms with Gasteiger partial charge in [-0.3, -0.25) is 28.8 Å². The fourth-order valence-electron chi connectivity index (χ4n) is 4.85. The number of non-ortho nitro benzene ring substituents is 1. The van der Waals surface area contributed by atoms with Crippen LogP contribution in [-0.2, 0) is 13.1 Å². The number of nitro benzene ring substituents is 1. The third kappa shape index (κ3) is 5.06. The van der Waals surface area contributed by atoms with E-state index < -0.39 is 16.2 Å². The fraction of sp³-hybridized carbons (Fsp3) is 0.250. The average molecular weight is 499 g/mol. The Morgan fingerprint density at radius 2 is 1.46 bits per heavy atom. The van der Waals surface area contributed by atoms with Crippen molar-refractivity contribution in [2.45, 2.75) is 44.8 Å². The molecule has 1 heterocycles. The van der Waals surface area contributed by atoms with Gasteiger partial charge in [0.25, 0.3) is 17.2 Å². The third-order valence-corrected chi connectivity index (χ3v) is 6.87. The second-order valence-corrected chi connectivity index (χ2v) is 9.35. The number of carbonyl (C=O) groups excluding carboxylic acids is 1. The first kappa shape index (κ1) is 24.2. The van der Waals surface area contributed by atoms with Crippen molar-refractivity contribution in [3.63, 3.8) is 0 Å². The van der Waals surface area contributed by atoms with E-state index in [2.05, 4.69) is 5.32 Å². The van der Waals surface area contributed by atoms with Crippen LogP contribution in [0.1, 0.15) is 47.2 Å². The van der Waals surface area contributed by atoms with Gasteiger partial charge in [-0.15, -0.1) is 0 Å². The molecule has 1 amide bonds. The molecule has 1 N–H and O–H groups in total. The number of fused-ring (bicyclic) bond motifs is 1. The van der Waals surface area contributed by atoms with Gasteiger partial charge in [0.2, 0.25) is 0 Å². The van der Waals surface area contributed by atoms with Crippen LogP contribution >= 0.6 is 0 Å². The van der Waals surface area contributed by atoms with Gasteiger partial charge in [-0.2, -0.15) is 0 Å². The van der Waals surface area contributed by atoms with Gasteiger partial charge >= 0.3 is 5.69 Å². The number of amides is 1. The fourth-order valence-corrected chi connectivity index (χ4v) is 4.85. The third-order valence-electron chi connectivity index (χ3n) is 6.87. The van der Waals surface area contributed by atoms with E-state index in [9.17, 15) is 24.5 Å². The van der Waals surface area contributed by atoms with Crippen molar-refractivity contribution < 1.29 is 9.72 Å². The second-order valence-electron chi connectivity index (χ2n) is 9.35. The van der Waals surface area contributed by atoms with Gasteiger partial charge in [0, 0.05) is 23.7 Å². The maximum absolute atomic E-state index is 13.5. The van der Waals surface area contributed by atoms with Crippen LogP contribution in [0.2, 0.25) is 0 Å². The van der Waals surface area contributed by atoms with E-state index in [-0.39, 0.29) is 30.7 Å². The molecule has 9 heteroatoms. The minimum atomic E-state index is -0.481. The summed E-state index contributed by atoms with van der Waals surface area (Å²) in [6.45, 7) is 0.200. The number of carbonyl (C=O) groups is 1. The van der Waals surface area contributed by atoms with Gasteiger partial charge in [0.05, 0.1) is 28.9 Å². The van der Waals surface area contributed by atoms with E-state index in [1.165, 1.54) is 21.3 Å². The molecule has 9 nitrogen and oxygen atoms in total. The quantitative estimate of drug-likeness (QED) is 0.307. The monoisotopic (exact) mass is 498 g/mol. The molecule has 1 saturated carbocycles. The highest BCUT2D eigenvalue weighted by molar-refractivity contribution is 5.94. The highest BCUT2D eigenvalue weighted by Gasteiger charge is 2.18. The first-order valence-electron chi connectivity index (χ1n) is 12.3. The minimum absolute atomic E-state index is 0.0358. The maximum Gasteiger partial charge on any atom is 0.332 e. The molecule has 1 aromatic heterocycles. The molecule has 0 aliphatic heterocycles. The summed E-state index contributed by atoms with van der Waals surface area (Å²) in [7, 11) is 0. The van der Waals surface area contributed by atoms with Gasteiger partial charge in [0.15, 0.2) is 0 Å². The van der Waals surface area contributed by atoms with Gasteiger partial charge in [-0.05, 0) is 48.2 Å². The first-order chi connectivity index (χ1) is 17.9. The van der Waals surface area contributed by atoms with E-state index in [1.807, 2.05) is 0 Å². The van der Waals surface area contributed by atoms with Crippen LogP contribution < -0.4 is 16.6 Å². The van der Waals surface area contributed by atoms with Crippen molar-refractivity contribution in [3.05, 3.63) is 120 Å². The Balaban J connectivity index is 1.45. The van der Waals surface area contributed by atoms with Gasteiger partial charge in [-0.25, -0.2) is 4.79 Å². The van der Waals surface area contributed by atoms with Crippen LogP contribution in [0.5, 0.6) is 0 Å². The Morgan fingerprint density at radius 3 is 2.11 bits per heavy atom. The summed E-state index contributed by atoms with van der Waals surface area (Å²) in [6.07, 6.45) is 4.26. The summed E-state index contributed by atoms with van der Waals surface area (Å²) in [6, 6.07) is 20.0. The summed E-state index contributed by atoms with van der Waals surface area (Å²) in [5.41, 5.74) is 1.53. The van der Waals surface area contributed by atoms with E-state index in [0.29, 0.717) is 27.6 Å². The summed E-state index contributed by atoms with van der Waals surface area (Å²) in [4.78, 5) is 49.8. The lowest BCUT2D eigenvalue weighted by atomic mass is 10.1. The Hall–Kier alpha value is -4.53. The van der Waals surface area contributed by atoms with Crippen molar-refractivity contribution in [1.29, 1.82) is 0 Å². The number of rotatable bonds is 7. The smallest absolute Gasteiger partial charge is 0.332 e. The molecule has 1 aliphatic carbocycles. The highest BCUT2D eigenvalue weighted by Crippen LogP contribution is 2.18. The molecule has 188 valence electrons.